The van der Waals surface area contributed by atoms with Crippen LogP contribution in [0.5, 0.6) is 5.75 Å². The van der Waals surface area contributed by atoms with Gasteiger partial charge < -0.3 is 20.7 Å². The second-order valence-electron chi connectivity index (χ2n) is 6.86. The predicted molar refractivity (Wildman–Crippen MR) is 110 cm³/mol. The van der Waals surface area contributed by atoms with Gasteiger partial charge in [-0.2, -0.15) is 0 Å². The minimum absolute atomic E-state index is 0.360. The Morgan fingerprint density at radius 1 is 1.15 bits per heavy atom. The van der Waals surface area contributed by atoms with E-state index in [1.165, 1.54) is 5.69 Å². The Morgan fingerprint density at radius 3 is 2.59 bits per heavy atom. The van der Waals surface area contributed by atoms with Gasteiger partial charge >= 0.3 is 0 Å². The number of nitrogens with one attached hydrogen (secondary N) is 1. The number of nitrogens with two attached hydrogens (primary N) is 1. The number of anilines is 2. The van der Waals surface area contributed by atoms with Gasteiger partial charge in [0.15, 0.2) is 0 Å². The van der Waals surface area contributed by atoms with Gasteiger partial charge in [0.25, 0.3) is 5.91 Å². The largest absolute Gasteiger partial charge is 0.497 e. The number of nitrogens with zero attached hydrogens (tertiary/aromatic N) is 2. The maximum atomic E-state index is 11.5. The van der Waals surface area contributed by atoms with Crippen molar-refractivity contribution in [2.75, 3.05) is 50.1 Å². The summed E-state index contributed by atoms with van der Waals surface area (Å²) >= 11 is 0. The zero-order valence-electron chi connectivity index (χ0n) is 16.0. The number of hydrogen-bond donors (Lipinski definition) is 2. The number of methoxy groups -OCH3 is 1. The van der Waals surface area contributed by atoms with Crippen LogP contribution < -0.4 is 20.7 Å². The van der Waals surface area contributed by atoms with Crippen molar-refractivity contribution in [1.82, 2.24) is 4.90 Å². The van der Waals surface area contributed by atoms with Gasteiger partial charge in [0.1, 0.15) is 5.75 Å². The van der Waals surface area contributed by atoms with E-state index in [1.54, 1.807) is 13.2 Å². The Kier molecular flexibility index (Phi) is 6.19. The molecular formula is C21H28N4O2. The van der Waals surface area contributed by atoms with Crippen molar-refractivity contribution in [3.8, 4) is 5.75 Å². The molecular weight excluding hydrogens is 340 g/mol. The Balaban J connectivity index is 1.53. The minimum Gasteiger partial charge on any atom is -0.497 e. The molecule has 1 heterocycles. The number of primary amides is 1. The molecule has 6 heteroatoms. The third-order valence-corrected chi connectivity index (χ3v) is 5.14. The van der Waals surface area contributed by atoms with Crippen molar-refractivity contribution in [2.24, 2.45) is 5.73 Å². The number of piperazine rings is 1. The van der Waals surface area contributed by atoms with Crippen molar-refractivity contribution in [3.63, 3.8) is 0 Å². The van der Waals surface area contributed by atoms with E-state index in [2.05, 4.69) is 34.2 Å². The van der Waals surface area contributed by atoms with Crippen LogP contribution in [-0.4, -0.2) is 56.7 Å². The highest BCUT2D eigenvalue weighted by Crippen LogP contribution is 2.22. The molecule has 0 spiro atoms. The molecule has 0 radical (unpaired) electrons. The first-order valence-electron chi connectivity index (χ1n) is 9.34. The second-order valence-corrected chi connectivity index (χ2v) is 6.86. The fraction of sp³-hybridized carbons (Fsp3) is 0.381. The molecule has 3 N–H and O–H groups in total. The van der Waals surface area contributed by atoms with Gasteiger partial charge in [-0.1, -0.05) is 18.2 Å². The van der Waals surface area contributed by atoms with Crippen LogP contribution in [0.2, 0.25) is 0 Å². The summed E-state index contributed by atoms with van der Waals surface area (Å²) in [5.74, 6) is 0.485. The van der Waals surface area contributed by atoms with Gasteiger partial charge in [-0.25, -0.2) is 0 Å². The molecule has 1 aliphatic rings. The molecule has 0 aliphatic carbocycles. The zero-order valence-corrected chi connectivity index (χ0v) is 16.0. The number of carbonyl (C=O) groups is 1. The molecule has 3 rings (SSSR count). The van der Waals surface area contributed by atoms with E-state index >= 15 is 0 Å². The summed E-state index contributed by atoms with van der Waals surface area (Å²) in [6, 6.07) is 16.0. The van der Waals surface area contributed by atoms with E-state index in [0.717, 1.165) is 44.2 Å². The first kappa shape index (κ1) is 19.0. The van der Waals surface area contributed by atoms with Gasteiger partial charge in [0.2, 0.25) is 0 Å². The van der Waals surface area contributed by atoms with Crippen molar-refractivity contribution in [1.29, 1.82) is 0 Å². The summed E-state index contributed by atoms with van der Waals surface area (Å²) in [6.07, 6.45) is 0. The maximum absolute atomic E-state index is 11.5. The molecule has 0 aromatic heterocycles. The summed E-state index contributed by atoms with van der Waals surface area (Å²) in [4.78, 5) is 16.4. The van der Waals surface area contributed by atoms with Gasteiger partial charge in [0, 0.05) is 56.2 Å². The fourth-order valence-electron chi connectivity index (χ4n) is 3.47. The highest BCUT2D eigenvalue weighted by atomic mass is 16.5. The number of benzene rings is 2. The number of carbonyl (C=O) groups excluding carboxylic acids is 1. The third-order valence-electron chi connectivity index (χ3n) is 5.14. The highest BCUT2D eigenvalue weighted by Gasteiger charge is 2.21. The first-order chi connectivity index (χ1) is 13.1. The minimum atomic E-state index is -0.405. The Labute approximate surface area is 160 Å². The molecule has 1 amide bonds. The lowest BCUT2D eigenvalue weighted by Gasteiger charge is -2.39. The van der Waals surface area contributed by atoms with Crippen LogP contribution in [0.1, 0.15) is 17.3 Å². The Hall–Kier alpha value is -2.73. The number of rotatable bonds is 7. The average molecular weight is 368 g/mol. The van der Waals surface area contributed by atoms with Crippen LogP contribution in [0, 0.1) is 0 Å². The van der Waals surface area contributed by atoms with Crippen LogP contribution in [0.4, 0.5) is 11.4 Å². The van der Waals surface area contributed by atoms with Crippen LogP contribution in [0.3, 0.4) is 0 Å². The summed E-state index contributed by atoms with van der Waals surface area (Å²) < 4.78 is 5.33. The lowest BCUT2D eigenvalue weighted by molar-refractivity contribution is 0.100. The van der Waals surface area contributed by atoms with E-state index in [9.17, 15) is 4.79 Å². The van der Waals surface area contributed by atoms with Crippen molar-refractivity contribution in [3.05, 3.63) is 54.1 Å². The quantitative estimate of drug-likeness (QED) is 0.785. The van der Waals surface area contributed by atoms with Crippen molar-refractivity contribution >= 4 is 17.3 Å². The molecule has 0 saturated carbocycles. The van der Waals surface area contributed by atoms with Gasteiger partial charge in [-0.05, 0) is 31.2 Å². The van der Waals surface area contributed by atoms with E-state index in [0.29, 0.717) is 11.6 Å². The molecule has 2 aromatic carbocycles. The van der Waals surface area contributed by atoms with Crippen LogP contribution in [0.25, 0.3) is 0 Å². The standard InChI is InChI=1S/C21H28N4O2/c1-16(15-23-20-9-4-3-8-19(20)21(22)26)24-10-12-25(13-11-24)17-6-5-7-18(14-17)27-2/h3-9,14,16,23H,10-13,15H2,1-2H3,(H2,22,26). The second kappa shape index (κ2) is 8.77. The summed E-state index contributed by atoms with van der Waals surface area (Å²) in [7, 11) is 1.70. The van der Waals surface area contributed by atoms with Crippen LogP contribution in [-0.2, 0) is 0 Å². The van der Waals surface area contributed by atoms with Gasteiger partial charge in [0.05, 0.1) is 12.7 Å². The summed E-state index contributed by atoms with van der Waals surface area (Å²) in [6.45, 7) is 6.93. The maximum Gasteiger partial charge on any atom is 0.250 e. The average Bonchev–Trinajstić information content (AvgIpc) is 2.72. The number of hydrogen-bond acceptors (Lipinski definition) is 5. The van der Waals surface area contributed by atoms with E-state index in [-0.39, 0.29) is 0 Å². The summed E-state index contributed by atoms with van der Waals surface area (Å²) in [5, 5.41) is 3.38. The number of para-hydroxylation sites is 1. The smallest absolute Gasteiger partial charge is 0.250 e. The SMILES string of the molecule is COc1cccc(N2CCN(C(C)CNc3ccccc3C(N)=O)CC2)c1. The van der Waals surface area contributed by atoms with E-state index in [1.807, 2.05) is 30.3 Å². The molecule has 0 bridgehead atoms. The topological polar surface area (TPSA) is 70.8 Å². The van der Waals surface area contributed by atoms with E-state index < -0.39 is 5.91 Å². The van der Waals surface area contributed by atoms with Crippen LogP contribution in [0.15, 0.2) is 48.5 Å². The monoisotopic (exact) mass is 368 g/mol. The first-order valence-corrected chi connectivity index (χ1v) is 9.34. The molecule has 1 atom stereocenters. The molecule has 1 fully saturated rings. The molecule has 6 nitrogen and oxygen atoms in total. The molecule has 1 unspecified atom stereocenters. The molecule has 2 aromatic rings. The normalized spacial score (nSPS) is 16.0. The Bertz CT molecular complexity index is 772. The lowest BCUT2D eigenvalue weighted by atomic mass is 10.1. The number of amides is 1. The highest BCUT2D eigenvalue weighted by molar-refractivity contribution is 5.98. The molecule has 1 aliphatic heterocycles. The molecule has 27 heavy (non-hydrogen) atoms. The summed E-state index contributed by atoms with van der Waals surface area (Å²) in [5.41, 5.74) is 7.99. The number of ether oxygens (including phenoxy) is 1. The van der Waals surface area contributed by atoms with Crippen molar-refractivity contribution < 1.29 is 9.53 Å². The third kappa shape index (κ3) is 4.71. The van der Waals surface area contributed by atoms with Gasteiger partial charge in [-0.3, -0.25) is 9.69 Å². The Morgan fingerprint density at radius 2 is 1.89 bits per heavy atom. The van der Waals surface area contributed by atoms with Crippen LogP contribution >= 0.6 is 0 Å². The lowest BCUT2D eigenvalue weighted by Crippen LogP contribution is -2.51. The molecule has 144 valence electrons. The predicted octanol–water partition coefficient (Wildman–Crippen LogP) is 2.42. The van der Waals surface area contributed by atoms with Crippen molar-refractivity contribution in [2.45, 2.75) is 13.0 Å². The van der Waals surface area contributed by atoms with E-state index in [4.69, 9.17) is 10.5 Å². The van der Waals surface area contributed by atoms with Gasteiger partial charge in [-0.15, -0.1) is 0 Å². The fourth-order valence-corrected chi connectivity index (χ4v) is 3.47. The zero-order chi connectivity index (χ0) is 19.2. The molecule has 1 saturated heterocycles.